The first-order chi connectivity index (χ1) is 11.2. The van der Waals surface area contributed by atoms with Gasteiger partial charge in [0.15, 0.2) is 5.96 Å². The zero-order valence-electron chi connectivity index (χ0n) is 13.3. The minimum absolute atomic E-state index is 0.123. The summed E-state index contributed by atoms with van der Waals surface area (Å²) in [5.41, 5.74) is 0.788. The normalized spacial score (nSPS) is 20.4. The van der Waals surface area contributed by atoms with Crippen molar-refractivity contribution < 1.29 is 4.39 Å². The Morgan fingerprint density at radius 3 is 2.96 bits per heavy atom. The van der Waals surface area contributed by atoms with Crippen molar-refractivity contribution in [3.05, 3.63) is 51.7 Å². The van der Waals surface area contributed by atoms with Gasteiger partial charge in [0.1, 0.15) is 10.8 Å². The molecule has 3 rings (SSSR count). The van der Waals surface area contributed by atoms with Crippen molar-refractivity contribution in [1.82, 2.24) is 15.6 Å². The summed E-state index contributed by atoms with van der Waals surface area (Å²) in [6, 6.07) is 7.24. The third-order valence-electron chi connectivity index (χ3n) is 3.80. The molecule has 1 aliphatic rings. The van der Waals surface area contributed by atoms with Crippen LogP contribution >= 0.6 is 11.3 Å². The molecule has 1 aromatic heterocycles. The highest BCUT2D eigenvalue weighted by Crippen LogP contribution is 2.41. The molecule has 0 bridgehead atoms. The van der Waals surface area contributed by atoms with Crippen LogP contribution in [0, 0.1) is 12.7 Å². The molecule has 2 atom stereocenters. The minimum atomic E-state index is -0.123. The number of aliphatic imine (C=N–C) groups is 1. The van der Waals surface area contributed by atoms with Crippen molar-refractivity contribution >= 4 is 17.3 Å². The number of aromatic nitrogens is 1. The molecular weight excluding hydrogens is 311 g/mol. The molecule has 2 aromatic rings. The highest BCUT2D eigenvalue weighted by molar-refractivity contribution is 7.11. The Kier molecular flexibility index (Phi) is 4.91. The summed E-state index contributed by atoms with van der Waals surface area (Å²) in [5, 5.41) is 7.63. The van der Waals surface area contributed by atoms with Crippen molar-refractivity contribution in [3.63, 3.8) is 0 Å². The lowest BCUT2D eigenvalue weighted by molar-refractivity contribution is 0.607. The molecule has 0 spiro atoms. The van der Waals surface area contributed by atoms with Gasteiger partial charge in [0.25, 0.3) is 0 Å². The van der Waals surface area contributed by atoms with Crippen LogP contribution in [0.3, 0.4) is 0 Å². The lowest BCUT2D eigenvalue weighted by atomic mass is 10.1. The summed E-state index contributed by atoms with van der Waals surface area (Å²) in [5.74, 6) is 0.869. The van der Waals surface area contributed by atoms with Crippen molar-refractivity contribution in [2.24, 2.45) is 4.99 Å². The molecule has 4 nitrogen and oxygen atoms in total. The lowest BCUT2D eigenvalue weighted by Gasteiger charge is -2.11. The second-order valence-electron chi connectivity index (χ2n) is 5.67. The van der Waals surface area contributed by atoms with Gasteiger partial charge in [0.2, 0.25) is 0 Å². The van der Waals surface area contributed by atoms with Gasteiger partial charge in [0, 0.05) is 29.6 Å². The molecule has 0 amide bonds. The minimum Gasteiger partial charge on any atom is -0.357 e. The van der Waals surface area contributed by atoms with E-state index in [-0.39, 0.29) is 17.8 Å². The van der Waals surface area contributed by atoms with Gasteiger partial charge in [-0.15, -0.1) is 11.3 Å². The standard InChI is InChI=1S/C17H21FN4S/c1-3-19-17(21-10-16-20-9-11(2)23-16)22-15-8-13(15)12-6-4-5-7-14(12)18/h4-7,9,13,15H,3,8,10H2,1-2H3,(H2,19,21,22). The third kappa shape index (κ3) is 4.07. The van der Waals surface area contributed by atoms with Crippen LogP contribution in [-0.4, -0.2) is 23.5 Å². The summed E-state index contributed by atoms with van der Waals surface area (Å²) in [6.45, 7) is 5.42. The van der Waals surface area contributed by atoms with E-state index in [1.807, 2.05) is 32.2 Å². The van der Waals surface area contributed by atoms with Crippen molar-refractivity contribution in [2.75, 3.05) is 6.54 Å². The predicted molar refractivity (Wildman–Crippen MR) is 92.3 cm³/mol. The first-order valence-electron chi connectivity index (χ1n) is 7.88. The Hall–Kier alpha value is -1.95. The zero-order valence-corrected chi connectivity index (χ0v) is 14.2. The average Bonchev–Trinajstić information content (AvgIpc) is 3.16. The number of aryl methyl sites for hydroxylation is 1. The summed E-state index contributed by atoms with van der Waals surface area (Å²) in [6.07, 6.45) is 2.80. The summed E-state index contributed by atoms with van der Waals surface area (Å²) < 4.78 is 13.8. The predicted octanol–water partition coefficient (Wildman–Crippen LogP) is 3.20. The van der Waals surface area contributed by atoms with Crippen LogP contribution in [0.5, 0.6) is 0 Å². The Morgan fingerprint density at radius 2 is 2.26 bits per heavy atom. The first-order valence-corrected chi connectivity index (χ1v) is 8.69. The topological polar surface area (TPSA) is 49.3 Å². The fraction of sp³-hybridized carbons (Fsp3) is 0.412. The van der Waals surface area contributed by atoms with Gasteiger partial charge in [-0.2, -0.15) is 0 Å². The number of thiazole rings is 1. The van der Waals surface area contributed by atoms with Gasteiger partial charge in [-0.25, -0.2) is 14.4 Å². The maximum atomic E-state index is 13.8. The van der Waals surface area contributed by atoms with Gasteiger partial charge in [0.05, 0.1) is 6.54 Å². The SMILES string of the molecule is CCNC(=NCc1ncc(C)s1)NC1CC1c1ccccc1F. The number of nitrogens with one attached hydrogen (secondary N) is 2. The van der Waals surface area contributed by atoms with Crippen LogP contribution in [0.4, 0.5) is 4.39 Å². The number of hydrogen-bond acceptors (Lipinski definition) is 3. The van der Waals surface area contributed by atoms with Gasteiger partial charge in [-0.3, -0.25) is 0 Å². The number of rotatable bonds is 5. The molecular formula is C17H21FN4S. The van der Waals surface area contributed by atoms with E-state index in [0.717, 1.165) is 29.5 Å². The third-order valence-corrected chi connectivity index (χ3v) is 4.70. The molecule has 1 heterocycles. The molecule has 6 heteroatoms. The van der Waals surface area contributed by atoms with Crippen LogP contribution in [-0.2, 0) is 6.54 Å². The lowest BCUT2D eigenvalue weighted by Crippen LogP contribution is -2.39. The highest BCUT2D eigenvalue weighted by atomic mass is 32.1. The number of hydrogen-bond donors (Lipinski definition) is 2. The quantitative estimate of drug-likeness (QED) is 0.653. The Bertz CT molecular complexity index is 697. The van der Waals surface area contributed by atoms with Gasteiger partial charge >= 0.3 is 0 Å². The molecule has 122 valence electrons. The van der Waals surface area contributed by atoms with Crippen LogP contribution in [0.25, 0.3) is 0 Å². The molecule has 1 aromatic carbocycles. The van der Waals surface area contributed by atoms with Gasteiger partial charge < -0.3 is 10.6 Å². The molecule has 0 radical (unpaired) electrons. The fourth-order valence-electron chi connectivity index (χ4n) is 2.59. The van der Waals surface area contributed by atoms with E-state index in [4.69, 9.17) is 0 Å². The van der Waals surface area contributed by atoms with E-state index in [2.05, 4.69) is 20.6 Å². The molecule has 1 fully saturated rings. The Balaban J connectivity index is 1.61. The number of nitrogens with zero attached hydrogens (tertiary/aromatic N) is 2. The van der Waals surface area contributed by atoms with Gasteiger partial charge in [-0.1, -0.05) is 18.2 Å². The molecule has 0 saturated heterocycles. The summed E-state index contributed by atoms with van der Waals surface area (Å²) >= 11 is 1.66. The number of halogens is 1. The monoisotopic (exact) mass is 332 g/mol. The maximum Gasteiger partial charge on any atom is 0.191 e. The summed E-state index contributed by atoms with van der Waals surface area (Å²) in [4.78, 5) is 10.1. The molecule has 1 aliphatic carbocycles. The van der Waals surface area contributed by atoms with Crippen LogP contribution < -0.4 is 10.6 Å². The van der Waals surface area contributed by atoms with E-state index >= 15 is 0 Å². The van der Waals surface area contributed by atoms with E-state index in [1.54, 1.807) is 17.4 Å². The zero-order chi connectivity index (χ0) is 16.2. The molecule has 23 heavy (non-hydrogen) atoms. The molecule has 2 unspecified atom stereocenters. The highest BCUT2D eigenvalue weighted by Gasteiger charge is 2.40. The number of benzene rings is 1. The van der Waals surface area contributed by atoms with Gasteiger partial charge in [-0.05, 0) is 31.9 Å². The Labute approximate surface area is 139 Å². The summed E-state index contributed by atoms with van der Waals surface area (Å²) in [7, 11) is 0. The maximum absolute atomic E-state index is 13.8. The van der Waals surface area contributed by atoms with E-state index in [9.17, 15) is 4.39 Å². The second kappa shape index (κ2) is 7.08. The van der Waals surface area contributed by atoms with Crippen molar-refractivity contribution in [2.45, 2.75) is 38.8 Å². The first kappa shape index (κ1) is 15.9. The van der Waals surface area contributed by atoms with E-state index < -0.39 is 0 Å². The fourth-order valence-corrected chi connectivity index (χ4v) is 3.30. The van der Waals surface area contributed by atoms with Crippen molar-refractivity contribution in [3.8, 4) is 0 Å². The largest absolute Gasteiger partial charge is 0.357 e. The average molecular weight is 332 g/mol. The van der Waals surface area contributed by atoms with E-state index in [0.29, 0.717) is 6.54 Å². The van der Waals surface area contributed by atoms with Crippen LogP contribution in [0.2, 0.25) is 0 Å². The van der Waals surface area contributed by atoms with Crippen LogP contribution in [0.15, 0.2) is 35.5 Å². The Morgan fingerprint density at radius 1 is 1.43 bits per heavy atom. The van der Waals surface area contributed by atoms with E-state index in [1.165, 1.54) is 10.9 Å². The second-order valence-corrected chi connectivity index (χ2v) is 6.99. The molecule has 1 saturated carbocycles. The smallest absolute Gasteiger partial charge is 0.191 e. The van der Waals surface area contributed by atoms with Crippen molar-refractivity contribution in [1.29, 1.82) is 0 Å². The molecule has 0 aliphatic heterocycles. The van der Waals surface area contributed by atoms with Crippen LogP contribution in [0.1, 0.15) is 34.7 Å². The molecule has 2 N–H and O–H groups in total. The number of guanidine groups is 1.